The van der Waals surface area contributed by atoms with Gasteiger partial charge < -0.3 is 30.3 Å². The molecule has 11 heteroatoms. The van der Waals surface area contributed by atoms with Crippen LogP contribution >= 0.6 is 11.8 Å². The fraction of sp³-hybridized carbons (Fsp3) is 0.243. The Balaban J connectivity index is 0.957. The van der Waals surface area contributed by atoms with Gasteiger partial charge in [0.2, 0.25) is 0 Å². The summed E-state index contributed by atoms with van der Waals surface area (Å²) in [5.41, 5.74) is 8.47. The van der Waals surface area contributed by atoms with E-state index in [1.165, 1.54) is 0 Å². The molecule has 0 aromatic heterocycles. The summed E-state index contributed by atoms with van der Waals surface area (Å²) in [6.07, 6.45) is -1.69. The number of carbonyl (C=O) groups excluding carboxylic acids is 2. The van der Waals surface area contributed by atoms with E-state index < -0.39 is 36.2 Å². The van der Waals surface area contributed by atoms with E-state index in [1.807, 2.05) is 97.1 Å². The molecular weight excluding hydrogens is 632 g/mol. The summed E-state index contributed by atoms with van der Waals surface area (Å²) in [7, 11) is 0. The molecule has 0 spiro atoms. The van der Waals surface area contributed by atoms with Gasteiger partial charge in [0.15, 0.2) is 0 Å². The highest BCUT2D eigenvalue weighted by molar-refractivity contribution is 7.99. The number of ether oxygens (including phenoxy) is 2. The van der Waals surface area contributed by atoms with Gasteiger partial charge in [-0.1, -0.05) is 97.1 Å². The number of carboxylic acids is 2. The van der Waals surface area contributed by atoms with Gasteiger partial charge in [0.1, 0.15) is 25.3 Å². The molecule has 0 saturated heterocycles. The Morgan fingerprint density at radius 2 is 0.938 bits per heavy atom. The summed E-state index contributed by atoms with van der Waals surface area (Å²) in [5, 5.41) is 24.2. The molecule has 4 aromatic carbocycles. The monoisotopic (exact) mass is 666 g/mol. The first-order valence-electron chi connectivity index (χ1n) is 15.6. The van der Waals surface area contributed by atoms with Gasteiger partial charge in [0.05, 0.1) is 0 Å². The summed E-state index contributed by atoms with van der Waals surface area (Å²) in [6, 6.07) is 29.1. The Kier molecular flexibility index (Phi) is 9.96. The van der Waals surface area contributed by atoms with Gasteiger partial charge in [0.25, 0.3) is 0 Å². The van der Waals surface area contributed by atoms with Gasteiger partial charge in [-0.05, 0) is 56.7 Å². The van der Waals surface area contributed by atoms with Crippen molar-refractivity contribution in [2.75, 3.05) is 24.7 Å². The highest BCUT2D eigenvalue weighted by Crippen LogP contribution is 2.45. The fourth-order valence-corrected chi connectivity index (χ4v) is 7.43. The van der Waals surface area contributed by atoms with E-state index in [1.54, 1.807) is 0 Å². The molecule has 4 N–H and O–H groups in total. The van der Waals surface area contributed by atoms with Crippen molar-refractivity contribution in [2.24, 2.45) is 0 Å². The van der Waals surface area contributed by atoms with Crippen molar-refractivity contribution in [2.45, 2.75) is 30.3 Å². The molecule has 0 radical (unpaired) electrons. The zero-order valence-corrected chi connectivity index (χ0v) is 26.7. The van der Waals surface area contributed by atoms with Crippen LogP contribution in [0.4, 0.5) is 9.59 Å². The summed E-state index contributed by atoms with van der Waals surface area (Å²) < 4.78 is 11.0. The lowest BCUT2D eigenvalue weighted by Crippen LogP contribution is -2.43. The summed E-state index contributed by atoms with van der Waals surface area (Å²) in [6.45, 7) is 0.0873. The lowest BCUT2D eigenvalue weighted by atomic mass is 9.98. The van der Waals surface area contributed by atoms with Crippen LogP contribution in [-0.2, 0) is 19.1 Å². The molecule has 48 heavy (non-hydrogen) atoms. The number of hydrogen-bond donors (Lipinski definition) is 4. The number of thioether (sulfide) groups is 1. The molecule has 246 valence electrons. The van der Waals surface area contributed by atoms with E-state index in [4.69, 9.17) is 9.47 Å². The third kappa shape index (κ3) is 7.01. The first kappa shape index (κ1) is 32.6. The van der Waals surface area contributed by atoms with Gasteiger partial charge in [-0.3, -0.25) is 0 Å². The number of nitrogens with one attached hydrogen (secondary N) is 2. The van der Waals surface area contributed by atoms with Crippen molar-refractivity contribution in [1.29, 1.82) is 0 Å². The van der Waals surface area contributed by atoms with E-state index in [0.29, 0.717) is 0 Å². The Labute approximate surface area is 281 Å². The first-order valence-corrected chi connectivity index (χ1v) is 16.7. The van der Waals surface area contributed by atoms with Crippen molar-refractivity contribution >= 4 is 35.9 Å². The highest BCUT2D eigenvalue weighted by Gasteiger charge is 2.31. The van der Waals surface area contributed by atoms with Crippen LogP contribution in [0.25, 0.3) is 22.3 Å². The Bertz CT molecular complexity index is 1620. The van der Waals surface area contributed by atoms with Gasteiger partial charge in [0, 0.05) is 17.6 Å². The first-order chi connectivity index (χ1) is 23.3. The average molecular weight is 667 g/mol. The van der Waals surface area contributed by atoms with E-state index in [-0.39, 0.29) is 43.0 Å². The topological polar surface area (TPSA) is 151 Å². The number of carboxylic acid groups (broad SMARTS) is 2. The largest absolute Gasteiger partial charge is 0.480 e. The minimum atomic E-state index is -1.26. The van der Waals surface area contributed by atoms with Crippen LogP contribution in [0.1, 0.15) is 40.5 Å². The van der Waals surface area contributed by atoms with E-state index in [0.717, 1.165) is 56.3 Å². The molecule has 6 rings (SSSR count). The molecule has 2 atom stereocenters. The lowest BCUT2D eigenvalue weighted by molar-refractivity contribution is -0.140. The molecule has 4 aromatic rings. The number of aliphatic carboxylic acids is 2. The van der Waals surface area contributed by atoms with Crippen LogP contribution in [0, 0.1) is 0 Å². The third-order valence-electron chi connectivity index (χ3n) is 8.70. The van der Waals surface area contributed by atoms with Crippen LogP contribution in [0.3, 0.4) is 0 Å². The number of alkyl carbamates (subject to hydrolysis) is 2. The molecule has 0 heterocycles. The maximum absolute atomic E-state index is 12.6. The van der Waals surface area contributed by atoms with Crippen LogP contribution < -0.4 is 10.6 Å². The van der Waals surface area contributed by atoms with E-state index >= 15 is 0 Å². The minimum Gasteiger partial charge on any atom is -0.480 e. The van der Waals surface area contributed by atoms with E-state index in [9.17, 15) is 29.4 Å². The second-order valence-electron chi connectivity index (χ2n) is 11.6. The predicted octanol–water partition coefficient (Wildman–Crippen LogP) is 6.09. The summed E-state index contributed by atoms with van der Waals surface area (Å²) in [5.74, 6) is -2.65. The Morgan fingerprint density at radius 1 is 0.583 bits per heavy atom. The van der Waals surface area contributed by atoms with E-state index in [2.05, 4.69) is 10.6 Å². The molecule has 2 amide bonds. The number of benzene rings is 4. The lowest BCUT2D eigenvalue weighted by Gasteiger charge is -2.18. The third-order valence-corrected chi connectivity index (χ3v) is 9.80. The number of carbonyl (C=O) groups is 4. The zero-order chi connectivity index (χ0) is 33.6. The molecule has 0 aliphatic heterocycles. The molecule has 0 fully saturated rings. The molecule has 0 saturated carbocycles. The molecular formula is C37H34N2O8S. The summed E-state index contributed by atoms with van der Waals surface area (Å²) in [4.78, 5) is 49.1. The maximum atomic E-state index is 12.6. The second-order valence-corrected chi connectivity index (χ2v) is 12.7. The number of fused-ring (bicyclic) bond motifs is 6. The Hall–Kier alpha value is -5.29. The second kappa shape index (κ2) is 14.6. The van der Waals surface area contributed by atoms with Gasteiger partial charge in [-0.2, -0.15) is 11.8 Å². The SMILES string of the molecule is O=C(N[C@H](CCSC[C@@H](NC(=O)OCC1c2ccccc2-c2ccccc21)C(=O)O)C(=O)O)OCC1c2ccccc2-c2ccccc21. The highest BCUT2D eigenvalue weighted by atomic mass is 32.2. The van der Waals surface area contributed by atoms with Crippen LogP contribution in [0.2, 0.25) is 0 Å². The fourth-order valence-electron chi connectivity index (χ4n) is 6.40. The molecule has 2 aliphatic rings. The van der Waals surface area contributed by atoms with Gasteiger partial charge in [-0.15, -0.1) is 0 Å². The van der Waals surface area contributed by atoms with Crippen molar-refractivity contribution in [3.8, 4) is 22.3 Å². The van der Waals surface area contributed by atoms with Gasteiger partial charge >= 0.3 is 24.1 Å². The Morgan fingerprint density at radius 3 is 1.31 bits per heavy atom. The predicted molar refractivity (Wildman–Crippen MR) is 181 cm³/mol. The van der Waals surface area contributed by atoms with Gasteiger partial charge in [-0.25, -0.2) is 19.2 Å². The average Bonchev–Trinajstić information content (AvgIpc) is 3.59. The molecule has 0 bridgehead atoms. The van der Waals surface area contributed by atoms with Crippen LogP contribution in [0.15, 0.2) is 97.1 Å². The van der Waals surface area contributed by atoms with Crippen molar-refractivity contribution in [3.63, 3.8) is 0 Å². The van der Waals surface area contributed by atoms with Crippen molar-refractivity contribution < 1.29 is 38.9 Å². The van der Waals surface area contributed by atoms with Crippen molar-refractivity contribution in [3.05, 3.63) is 119 Å². The minimum absolute atomic E-state index is 0.0154. The summed E-state index contributed by atoms with van der Waals surface area (Å²) >= 11 is 1.14. The van der Waals surface area contributed by atoms with Crippen LogP contribution in [0.5, 0.6) is 0 Å². The van der Waals surface area contributed by atoms with Crippen molar-refractivity contribution in [1.82, 2.24) is 10.6 Å². The standard InChI is InChI=1S/C37H34N2O8S/c40-34(41)32(38-36(44)46-19-30-26-13-5-1-9-22(26)23-10-2-6-14-27(23)30)17-18-48-21-33(35(42)43)39-37(45)47-20-31-28-15-7-3-11-24(28)25-12-4-8-16-29(25)31/h1-16,30-33H,17-21H2,(H,38,44)(H,39,45)(H,40,41)(H,42,43)/t32-,33-/m1/s1. The van der Waals surface area contributed by atoms with Crippen LogP contribution in [-0.4, -0.2) is 71.1 Å². The smallest absolute Gasteiger partial charge is 0.407 e. The number of rotatable bonds is 13. The number of hydrogen-bond acceptors (Lipinski definition) is 7. The quantitative estimate of drug-likeness (QED) is 0.124. The maximum Gasteiger partial charge on any atom is 0.407 e. The normalized spacial score (nSPS) is 14.1. The molecule has 10 nitrogen and oxygen atoms in total. The molecule has 2 aliphatic carbocycles. The zero-order valence-electron chi connectivity index (χ0n) is 25.8. The molecule has 0 unspecified atom stereocenters. The number of amides is 2.